The molecular formula is C19H18F2N2O2. The highest BCUT2D eigenvalue weighted by atomic mass is 19.1. The van der Waals surface area contributed by atoms with Crippen molar-refractivity contribution in [2.24, 2.45) is 5.92 Å². The van der Waals surface area contributed by atoms with Gasteiger partial charge in [0.1, 0.15) is 11.6 Å². The molecule has 0 aliphatic carbocycles. The van der Waals surface area contributed by atoms with Crippen LogP contribution in [0.2, 0.25) is 0 Å². The van der Waals surface area contributed by atoms with Crippen LogP contribution < -0.4 is 5.32 Å². The third-order valence-corrected chi connectivity index (χ3v) is 4.36. The first kappa shape index (κ1) is 17.1. The van der Waals surface area contributed by atoms with E-state index in [9.17, 15) is 18.4 Å². The molecule has 1 aliphatic heterocycles. The maximum Gasteiger partial charge on any atom is 0.253 e. The number of carbonyl (C=O) groups is 2. The van der Waals surface area contributed by atoms with Gasteiger partial charge in [0.15, 0.2) is 0 Å². The monoisotopic (exact) mass is 344 g/mol. The summed E-state index contributed by atoms with van der Waals surface area (Å²) in [5.41, 5.74) is 0.458. The van der Waals surface area contributed by atoms with Crippen LogP contribution in [0.3, 0.4) is 0 Å². The molecule has 4 nitrogen and oxygen atoms in total. The van der Waals surface area contributed by atoms with Gasteiger partial charge in [0, 0.05) is 24.6 Å². The number of benzene rings is 2. The van der Waals surface area contributed by atoms with E-state index in [0.29, 0.717) is 31.5 Å². The van der Waals surface area contributed by atoms with Crippen LogP contribution in [0.5, 0.6) is 0 Å². The highest BCUT2D eigenvalue weighted by Gasteiger charge is 2.28. The number of halogens is 2. The quantitative estimate of drug-likeness (QED) is 0.927. The third-order valence-electron chi connectivity index (χ3n) is 4.36. The van der Waals surface area contributed by atoms with Crippen LogP contribution in [0.25, 0.3) is 0 Å². The van der Waals surface area contributed by atoms with Gasteiger partial charge >= 0.3 is 0 Å². The fourth-order valence-electron chi connectivity index (χ4n) is 2.95. The minimum Gasteiger partial charge on any atom is -0.339 e. The van der Waals surface area contributed by atoms with Gasteiger partial charge in [0.05, 0.1) is 5.69 Å². The van der Waals surface area contributed by atoms with E-state index in [0.717, 1.165) is 0 Å². The Balaban J connectivity index is 1.57. The lowest BCUT2D eigenvalue weighted by atomic mass is 9.95. The van der Waals surface area contributed by atoms with E-state index in [-0.39, 0.29) is 23.4 Å². The highest BCUT2D eigenvalue weighted by molar-refractivity contribution is 5.95. The fourth-order valence-corrected chi connectivity index (χ4v) is 2.95. The maximum atomic E-state index is 13.6. The summed E-state index contributed by atoms with van der Waals surface area (Å²) in [5, 5.41) is 2.60. The van der Waals surface area contributed by atoms with Crippen molar-refractivity contribution in [2.75, 3.05) is 18.4 Å². The third kappa shape index (κ3) is 4.02. The average Bonchev–Trinajstić information content (AvgIpc) is 2.63. The number of nitrogens with zero attached hydrogens (tertiary/aromatic N) is 1. The lowest BCUT2D eigenvalue weighted by Gasteiger charge is -2.31. The zero-order valence-corrected chi connectivity index (χ0v) is 13.5. The van der Waals surface area contributed by atoms with Gasteiger partial charge in [-0.25, -0.2) is 8.78 Å². The van der Waals surface area contributed by atoms with Gasteiger partial charge < -0.3 is 10.2 Å². The molecule has 3 rings (SSSR count). The number of nitrogens with one attached hydrogen (secondary N) is 1. The van der Waals surface area contributed by atoms with Crippen molar-refractivity contribution in [3.63, 3.8) is 0 Å². The number of hydrogen-bond donors (Lipinski definition) is 1. The lowest BCUT2D eigenvalue weighted by Crippen LogP contribution is -2.41. The van der Waals surface area contributed by atoms with E-state index in [1.807, 2.05) is 0 Å². The summed E-state index contributed by atoms with van der Waals surface area (Å²) in [7, 11) is 0. The molecule has 0 radical (unpaired) electrons. The van der Waals surface area contributed by atoms with Gasteiger partial charge in [-0.15, -0.1) is 0 Å². The number of hydrogen-bond acceptors (Lipinski definition) is 2. The minimum absolute atomic E-state index is 0.158. The summed E-state index contributed by atoms with van der Waals surface area (Å²) in [4.78, 5) is 26.3. The number of carbonyl (C=O) groups excluding carboxylic acids is 2. The number of likely N-dealkylation sites (tertiary alicyclic amines) is 1. The van der Waals surface area contributed by atoms with Gasteiger partial charge in [0.2, 0.25) is 5.91 Å². The number of anilines is 1. The molecule has 0 saturated carbocycles. The Morgan fingerprint density at radius 3 is 2.40 bits per heavy atom. The molecule has 0 atom stereocenters. The summed E-state index contributed by atoms with van der Waals surface area (Å²) in [5.74, 6) is -1.70. The Morgan fingerprint density at radius 2 is 1.72 bits per heavy atom. The molecule has 0 unspecified atom stereocenters. The van der Waals surface area contributed by atoms with Crippen molar-refractivity contribution in [3.05, 3.63) is 65.7 Å². The molecule has 1 aliphatic rings. The van der Waals surface area contributed by atoms with Crippen LogP contribution >= 0.6 is 0 Å². The van der Waals surface area contributed by atoms with Crippen molar-refractivity contribution in [3.8, 4) is 0 Å². The number of piperidine rings is 1. The molecule has 2 amide bonds. The Kier molecular flexibility index (Phi) is 5.07. The van der Waals surface area contributed by atoms with Crippen LogP contribution in [0.15, 0.2) is 48.5 Å². The molecule has 0 bridgehead atoms. The number of para-hydroxylation sites is 1. The molecule has 1 heterocycles. The SMILES string of the molecule is O=C(Nc1ccccc1F)C1CCN(C(=O)c2cccc(F)c2)CC1. The molecule has 2 aromatic rings. The van der Waals surface area contributed by atoms with Gasteiger partial charge in [-0.2, -0.15) is 0 Å². The second-order valence-electron chi connectivity index (χ2n) is 6.05. The molecule has 0 spiro atoms. The number of amides is 2. The van der Waals surface area contributed by atoms with Gasteiger partial charge in [0.25, 0.3) is 5.91 Å². The molecular weight excluding hydrogens is 326 g/mol. The van der Waals surface area contributed by atoms with E-state index < -0.39 is 11.6 Å². The van der Waals surface area contributed by atoms with Gasteiger partial charge in [-0.3, -0.25) is 9.59 Å². The number of rotatable bonds is 3. The first-order valence-electron chi connectivity index (χ1n) is 8.15. The molecule has 1 fully saturated rings. The Hall–Kier alpha value is -2.76. The predicted molar refractivity (Wildman–Crippen MR) is 90.1 cm³/mol. The Morgan fingerprint density at radius 1 is 1.00 bits per heavy atom. The summed E-state index contributed by atoms with van der Waals surface area (Å²) in [6.45, 7) is 0.815. The fraction of sp³-hybridized carbons (Fsp3) is 0.263. The highest BCUT2D eigenvalue weighted by Crippen LogP contribution is 2.22. The minimum atomic E-state index is -0.477. The largest absolute Gasteiger partial charge is 0.339 e. The summed E-state index contributed by atoms with van der Waals surface area (Å²) in [6.07, 6.45) is 0.975. The van der Waals surface area contributed by atoms with Crippen LogP contribution in [0, 0.1) is 17.6 Å². The summed E-state index contributed by atoms with van der Waals surface area (Å²) in [6, 6.07) is 11.6. The van der Waals surface area contributed by atoms with E-state index in [1.54, 1.807) is 23.1 Å². The molecule has 6 heteroatoms. The molecule has 1 N–H and O–H groups in total. The maximum absolute atomic E-state index is 13.6. The second kappa shape index (κ2) is 7.42. The average molecular weight is 344 g/mol. The van der Waals surface area contributed by atoms with E-state index in [4.69, 9.17) is 0 Å². The molecule has 130 valence electrons. The van der Waals surface area contributed by atoms with Crippen molar-refractivity contribution >= 4 is 17.5 Å². The predicted octanol–water partition coefficient (Wildman–Crippen LogP) is 3.46. The smallest absolute Gasteiger partial charge is 0.253 e. The standard InChI is InChI=1S/C19H18F2N2O2/c20-15-5-3-4-14(12-15)19(25)23-10-8-13(9-11-23)18(24)22-17-7-2-1-6-16(17)21/h1-7,12-13H,8-11H2,(H,22,24). The summed E-state index contributed by atoms with van der Waals surface area (Å²) >= 11 is 0. The van der Waals surface area contributed by atoms with E-state index >= 15 is 0 Å². The van der Waals surface area contributed by atoms with Crippen molar-refractivity contribution < 1.29 is 18.4 Å². The zero-order valence-electron chi connectivity index (χ0n) is 13.5. The van der Waals surface area contributed by atoms with Crippen LogP contribution in [-0.4, -0.2) is 29.8 Å². The van der Waals surface area contributed by atoms with Crippen LogP contribution in [-0.2, 0) is 4.79 Å². The second-order valence-corrected chi connectivity index (χ2v) is 6.05. The van der Waals surface area contributed by atoms with Gasteiger partial charge in [-0.1, -0.05) is 18.2 Å². The van der Waals surface area contributed by atoms with Crippen molar-refractivity contribution in [1.29, 1.82) is 0 Å². The van der Waals surface area contributed by atoms with Gasteiger partial charge in [-0.05, 0) is 43.2 Å². The first-order chi connectivity index (χ1) is 12.0. The summed E-state index contributed by atoms with van der Waals surface area (Å²) < 4.78 is 26.9. The van der Waals surface area contributed by atoms with Crippen molar-refractivity contribution in [2.45, 2.75) is 12.8 Å². The van der Waals surface area contributed by atoms with E-state index in [1.165, 1.54) is 30.3 Å². The molecule has 0 aromatic heterocycles. The van der Waals surface area contributed by atoms with Crippen LogP contribution in [0.1, 0.15) is 23.2 Å². The molecule has 2 aromatic carbocycles. The molecule has 1 saturated heterocycles. The molecule has 25 heavy (non-hydrogen) atoms. The first-order valence-corrected chi connectivity index (χ1v) is 8.15. The van der Waals surface area contributed by atoms with Crippen LogP contribution in [0.4, 0.5) is 14.5 Å². The Bertz CT molecular complexity index is 786. The lowest BCUT2D eigenvalue weighted by molar-refractivity contribution is -0.121. The Labute approximate surface area is 144 Å². The zero-order chi connectivity index (χ0) is 17.8. The normalized spacial score (nSPS) is 15.0. The topological polar surface area (TPSA) is 49.4 Å². The van der Waals surface area contributed by atoms with E-state index in [2.05, 4.69) is 5.32 Å². The van der Waals surface area contributed by atoms with Crippen molar-refractivity contribution in [1.82, 2.24) is 4.90 Å².